The van der Waals surface area contributed by atoms with Gasteiger partial charge in [-0.2, -0.15) is 0 Å². The van der Waals surface area contributed by atoms with E-state index in [1.165, 1.54) is 0 Å². The second-order valence-corrected chi connectivity index (χ2v) is 4.25. The summed E-state index contributed by atoms with van der Waals surface area (Å²) in [4.78, 5) is 10.8. The van der Waals surface area contributed by atoms with E-state index in [0.717, 1.165) is 6.42 Å². The highest BCUT2D eigenvalue weighted by Crippen LogP contribution is 2.13. The Balaban J connectivity index is 3.75. The molecular formula is C10H21NO3. The number of hydrogen-bond acceptors (Lipinski definition) is 3. The third-order valence-electron chi connectivity index (χ3n) is 2.23. The molecule has 2 N–H and O–H groups in total. The van der Waals surface area contributed by atoms with Gasteiger partial charge in [-0.1, -0.05) is 0 Å². The monoisotopic (exact) mass is 203 g/mol. The first-order chi connectivity index (χ1) is 6.40. The van der Waals surface area contributed by atoms with Crippen LogP contribution in [0.1, 0.15) is 27.2 Å². The van der Waals surface area contributed by atoms with Gasteiger partial charge in [0.25, 0.3) is 0 Å². The van der Waals surface area contributed by atoms with Crippen LogP contribution in [0.4, 0.5) is 0 Å². The number of aliphatic carboxylic acids is 1. The maximum absolute atomic E-state index is 10.8. The van der Waals surface area contributed by atoms with Gasteiger partial charge >= 0.3 is 5.97 Å². The van der Waals surface area contributed by atoms with Crippen LogP contribution < -0.4 is 5.32 Å². The molecular weight excluding hydrogens is 182 g/mol. The zero-order chi connectivity index (χ0) is 11.2. The molecule has 0 spiro atoms. The van der Waals surface area contributed by atoms with Gasteiger partial charge in [0, 0.05) is 26.3 Å². The van der Waals surface area contributed by atoms with E-state index in [9.17, 15) is 4.79 Å². The fourth-order valence-electron chi connectivity index (χ4n) is 0.902. The molecule has 0 bridgehead atoms. The van der Waals surface area contributed by atoms with E-state index in [2.05, 4.69) is 5.32 Å². The van der Waals surface area contributed by atoms with Gasteiger partial charge in [-0.05, 0) is 27.2 Å². The minimum atomic E-state index is -0.774. The van der Waals surface area contributed by atoms with Gasteiger partial charge in [-0.3, -0.25) is 4.79 Å². The van der Waals surface area contributed by atoms with Crippen molar-refractivity contribution in [1.82, 2.24) is 5.32 Å². The fourth-order valence-corrected chi connectivity index (χ4v) is 0.902. The SMILES string of the molecule is COCCC(C)NCC(C)(C)C(=O)O. The smallest absolute Gasteiger partial charge is 0.310 e. The third-order valence-corrected chi connectivity index (χ3v) is 2.23. The Morgan fingerprint density at radius 1 is 1.57 bits per heavy atom. The summed E-state index contributed by atoms with van der Waals surface area (Å²) in [6.45, 7) is 6.63. The molecule has 0 aliphatic heterocycles. The lowest BCUT2D eigenvalue weighted by atomic mass is 9.93. The second-order valence-electron chi connectivity index (χ2n) is 4.25. The Kier molecular flexibility index (Phi) is 5.72. The van der Waals surface area contributed by atoms with E-state index >= 15 is 0 Å². The summed E-state index contributed by atoms with van der Waals surface area (Å²) in [5.41, 5.74) is -0.707. The molecule has 0 fully saturated rings. The van der Waals surface area contributed by atoms with Crippen LogP contribution in [-0.4, -0.2) is 37.4 Å². The Labute approximate surface area is 85.6 Å². The van der Waals surface area contributed by atoms with E-state index < -0.39 is 11.4 Å². The molecule has 0 saturated carbocycles. The summed E-state index contributed by atoms with van der Waals surface area (Å²) < 4.78 is 4.94. The van der Waals surface area contributed by atoms with E-state index in [-0.39, 0.29) is 6.04 Å². The van der Waals surface area contributed by atoms with Crippen molar-refractivity contribution in [2.24, 2.45) is 5.41 Å². The van der Waals surface area contributed by atoms with Gasteiger partial charge in [-0.15, -0.1) is 0 Å². The lowest BCUT2D eigenvalue weighted by Crippen LogP contribution is -2.40. The number of ether oxygens (including phenoxy) is 1. The van der Waals surface area contributed by atoms with Crippen molar-refractivity contribution in [3.8, 4) is 0 Å². The lowest BCUT2D eigenvalue weighted by molar-refractivity contribution is -0.146. The molecule has 4 nitrogen and oxygen atoms in total. The molecule has 1 atom stereocenters. The maximum atomic E-state index is 10.8. The third kappa shape index (κ3) is 5.19. The summed E-state index contributed by atoms with van der Waals surface area (Å²) in [6.07, 6.45) is 0.895. The van der Waals surface area contributed by atoms with Gasteiger partial charge in [0.2, 0.25) is 0 Å². The first kappa shape index (κ1) is 13.4. The predicted octanol–water partition coefficient (Wildman–Crippen LogP) is 1.11. The largest absolute Gasteiger partial charge is 0.481 e. The average molecular weight is 203 g/mol. The number of carboxylic acids is 1. The molecule has 0 aromatic rings. The van der Waals surface area contributed by atoms with Crippen molar-refractivity contribution in [3.63, 3.8) is 0 Å². The Bertz CT molecular complexity index is 180. The highest BCUT2D eigenvalue weighted by atomic mass is 16.5. The summed E-state index contributed by atoms with van der Waals surface area (Å²) in [7, 11) is 1.66. The molecule has 0 aromatic carbocycles. The van der Waals surface area contributed by atoms with E-state index in [4.69, 9.17) is 9.84 Å². The zero-order valence-corrected chi connectivity index (χ0v) is 9.46. The van der Waals surface area contributed by atoms with Crippen LogP contribution in [0, 0.1) is 5.41 Å². The topological polar surface area (TPSA) is 58.6 Å². The first-order valence-electron chi connectivity index (χ1n) is 4.86. The van der Waals surface area contributed by atoms with Crippen LogP contribution in [0.3, 0.4) is 0 Å². The van der Waals surface area contributed by atoms with Crippen molar-refractivity contribution in [2.45, 2.75) is 33.2 Å². The molecule has 0 radical (unpaired) electrons. The molecule has 4 heteroatoms. The molecule has 84 valence electrons. The number of carbonyl (C=O) groups is 1. The van der Waals surface area contributed by atoms with Crippen molar-refractivity contribution < 1.29 is 14.6 Å². The summed E-state index contributed by atoms with van der Waals surface area (Å²) >= 11 is 0. The summed E-state index contributed by atoms with van der Waals surface area (Å²) in [6, 6.07) is 0.286. The molecule has 0 heterocycles. The van der Waals surface area contributed by atoms with Gasteiger partial charge in [0.15, 0.2) is 0 Å². The van der Waals surface area contributed by atoms with Gasteiger partial charge in [0.05, 0.1) is 5.41 Å². The molecule has 0 amide bonds. The lowest BCUT2D eigenvalue weighted by Gasteiger charge is -2.22. The van der Waals surface area contributed by atoms with Crippen LogP contribution >= 0.6 is 0 Å². The second kappa shape index (κ2) is 5.98. The number of carboxylic acid groups (broad SMARTS) is 1. The van der Waals surface area contributed by atoms with Crippen molar-refractivity contribution in [3.05, 3.63) is 0 Å². The number of methoxy groups -OCH3 is 1. The van der Waals surface area contributed by atoms with Gasteiger partial charge < -0.3 is 15.2 Å². The minimum absolute atomic E-state index is 0.286. The van der Waals surface area contributed by atoms with Crippen LogP contribution in [0.5, 0.6) is 0 Å². The van der Waals surface area contributed by atoms with Crippen molar-refractivity contribution in [2.75, 3.05) is 20.3 Å². The molecule has 0 aromatic heterocycles. The predicted molar refractivity (Wildman–Crippen MR) is 55.4 cm³/mol. The number of hydrogen-bond donors (Lipinski definition) is 2. The van der Waals surface area contributed by atoms with E-state index in [0.29, 0.717) is 13.2 Å². The summed E-state index contributed by atoms with van der Waals surface area (Å²) in [5.74, 6) is -0.774. The molecule has 0 saturated heterocycles. The molecule has 0 aliphatic carbocycles. The highest BCUT2D eigenvalue weighted by Gasteiger charge is 2.26. The van der Waals surface area contributed by atoms with Crippen LogP contribution in [0.25, 0.3) is 0 Å². The Hall–Kier alpha value is -0.610. The molecule has 14 heavy (non-hydrogen) atoms. The maximum Gasteiger partial charge on any atom is 0.310 e. The van der Waals surface area contributed by atoms with Crippen LogP contribution in [0.15, 0.2) is 0 Å². The van der Waals surface area contributed by atoms with Crippen LogP contribution in [-0.2, 0) is 9.53 Å². The Morgan fingerprint density at radius 2 is 2.14 bits per heavy atom. The van der Waals surface area contributed by atoms with E-state index in [1.807, 2.05) is 6.92 Å². The normalized spacial score (nSPS) is 14.0. The van der Waals surface area contributed by atoms with Gasteiger partial charge in [-0.25, -0.2) is 0 Å². The molecule has 0 aliphatic rings. The van der Waals surface area contributed by atoms with Crippen molar-refractivity contribution in [1.29, 1.82) is 0 Å². The highest BCUT2D eigenvalue weighted by molar-refractivity contribution is 5.73. The standard InChI is InChI=1S/C10H21NO3/c1-8(5-6-14-4)11-7-10(2,3)9(12)13/h8,11H,5-7H2,1-4H3,(H,12,13). The molecule has 0 rings (SSSR count). The first-order valence-corrected chi connectivity index (χ1v) is 4.86. The minimum Gasteiger partial charge on any atom is -0.481 e. The summed E-state index contributed by atoms with van der Waals surface area (Å²) in [5, 5.41) is 12.0. The van der Waals surface area contributed by atoms with E-state index in [1.54, 1.807) is 21.0 Å². The quantitative estimate of drug-likeness (QED) is 0.651. The van der Waals surface area contributed by atoms with Crippen LogP contribution in [0.2, 0.25) is 0 Å². The fraction of sp³-hybridized carbons (Fsp3) is 0.900. The average Bonchev–Trinajstić information content (AvgIpc) is 2.11. The number of nitrogens with one attached hydrogen (secondary N) is 1. The zero-order valence-electron chi connectivity index (χ0n) is 9.46. The van der Waals surface area contributed by atoms with Gasteiger partial charge in [0.1, 0.15) is 0 Å². The van der Waals surface area contributed by atoms with Crippen molar-refractivity contribution >= 4 is 5.97 Å². The molecule has 1 unspecified atom stereocenters. The Morgan fingerprint density at radius 3 is 2.57 bits per heavy atom. The number of rotatable bonds is 7.